The van der Waals surface area contributed by atoms with Gasteiger partial charge in [0, 0.05) is 35.8 Å². The summed E-state index contributed by atoms with van der Waals surface area (Å²) in [5.74, 6) is -0.160. The second-order valence-corrected chi connectivity index (χ2v) is 9.22. The second kappa shape index (κ2) is 9.89. The third-order valence-corrected chi connectivity index (χ3v) is 6.20. The smallest absolute Gasteiger partial charge is 0.261 e. The predicted octanol–water partition coefficient (Wildman–Crippen LogP) is 3.86. The zero-order valence-electron chi connectivity index (χ0n) is 17.5. The maximum atomic E-state index is 12.7. The number of hydrogen-bond donors (Lipinski definition) is 3. The fraction of sp³-hybridized carbons (Fsp3) is 0.0909. The number of benzene rings is 2. The monoisotopic (exact) mass is 499 g/mol. The van der Waals surface area contributed by atoms with Gasteiger partial charge in [-0.25, -0.2) is 8.42 Å². The number of nitrogens with one attached hydrogen (secondary N) is 2. The molecule has 34 heavy (non-hydrogen) atoms. The molecular weight excluding hydrogens is 482 g/mol. The average molecular weight is 500 g/mol. The lowest BCUT2D eigenvalue weighted by atomic mass is 10.2. The van der Waals surface area contributed by atoms with E-state index in [0.717, 1.165) is 6.07 Å². The highest BCUT2D eigenvalue weighted by Gasteiger charge is 2.18. The molecule has 0 aliphatic heterocycles. The Morgan fingerprint density at radius 1 is 1.12 bits per heavy atom. The Morgan fingerprint density at radius 2 is 1.97 bits per heavy atom. The minimum absolute atomic E-state index is 0.0359. The Kier molecular flexibility index (Phi) is 6.75. The van der Waals surface area contributed by atoms with E-state index in [1.807, 2.05) is 0 Å². The lowest BCUT2D eigenvalue weighted by Crippen LogP contribution is -2.15. The molecule has 4 rings (SSSR count). The number of hydrogen-bond acceptors (Lipinski definition) is 8. The SMILES string of the molecule is O=C(CCc1nc(-c2cccnc2)no1)Nc1cc(S(=O)(=O)Nc2cccc(Cl)c2)ccc1O. The van der Waals surface area contributed by atoms with Crippen LogP contribution in [0.2, 0.25) is 5.02 Å². The summed E-state index contributed by atoms with van der Waals surface area (Å²) in [6.07, 6.45) is 3.32. The number of carbonyl (C=O) groups is 1. The van der Waals surface area contributed by atoms with Gasteiger partial charge < -0.3 is 14.9 Å². The fourth-order valence-corrected chi connectivity index (χ4v) is 4.22. The van der Waals surface area contributed by atoms with Crippen molar-refractivity contribution < 1.29 is 22.8 Å². The van der Waals surface area contributed by atoms with Crippen LogP contribution in [0, 0.1) is 0 Å². The van der Waals surface area contributed by atoms with Crippen LogP contribution in [0.4, 0.5) is 11.4 Å². The van der Waals surface area contributed by atoms with Crippen molar-refractivity contribution in [3.8, 4) is 17.1 Å². The summed E-state index contributed by atoms with van der Waals surface area (Å²) in [7, 11) is -3.99. The summed E-state index contributed by atoms with van der Waals surface area (Å²) in [6.45, 7) is 0. The molecule has 1 amide bonds. The number of aromatic nitrogens is 3. The van der Waals surface area contributed by atoms with Gasteiger partial charge in [-0.1, -0.05) is 22.8 Å². The summed E-state index contributed by atoms with van der Waals surface area (Å²) in [6, 6.07) is 13.3. The summed E-state index contributed by atoms with van der Waals surface area (Å²) < 4.78 is 33.0. The predicted molar refractivity (Wildman–Crippen MR) is 125 cm³/mol. The fourth-order valence-electron chi connectivity index (χ4n) is 2.95. The van der Waals surface area contributed by atoms with Gasteiger partial charge in [0.05, 0.1) is 16.3 Å². The molecule has 2 aromatic carbocycles. The van der Waals surface area contributed by atoms with Crippen LogP contribution in [0.5, 0.6) is 5.75 Å². The van der Waals surface area contributed by atoms with Gasteiger partial charge in [0.1, 0.15) is 5.75 Å². The van der Waals surface area contributed by atoms with E-state index in [9.17, 15) is 18.3 Å². The van der Waals surface area contributed by atoms with Crippen molar-refractivity contribution in [2.75, 3.05) is 10.0 Å². The highest BCUT2D eigenvalue weighted by atomic mass is 35.5. The van der Waals surface area contributed by atoms with Gasteiger partial charge in [0.15, 0.2) is 0 Å². The van der Waals surface area contributed by atoms with E-state index < -0.39 is 15.9 Å². The zero-order valence-corrected chi connectivity index (χ0v) is 19.0. The molecule has 0 unspecified atom stereocenters. The molecule has 0 fully saturated rings. The Morgan fingerprint density at radius 3 is 2.74 bits per heavy atom. The topological polar surface area (TPSA) is 147 Å². The molecule has 4 aromatic rings. The first kappa shape index (κ1) is 23.2. The minimum atomic E-state index is -3.99. The summed E-state index contributed by atoms with van der Waals surface area (Å²) in [5, 5.41) is 16.8. The Hall–Kier alpha value is -3.96. The number of aryl methyl sites for hydroxylation is 1. The quantitative estimate of drug-likeness (QED) is 0.309. The van der Waals surface area contributed by atoms with Crippen LogP contribution >= 0.6 is 11.6 Å². The normalized spacial score (nSPS) is 11.2. The van der Waals surface area contributed by atoms with Crippen molar-refractivity contribution in [3.05, 3.63) is 77.9 Å². The van der Waals surface area contributed by atoms with E-state index in [1.165, 1.54) is 18.2 Å². The number of amides is 1. The van der Waals surface area contributed by atoms with Crippen LogP contribution in [0.3, 0.4) is 0 Å². The van der Waals surface area contributed by atoms with E-state index in [4.69, 9.17) is 16.1 Å². The molecule has 10 nitrogen and oxygen atoms in total. The summed E-state index contributed by atoms with van der Waals surface area (Å²) in [4.78, 5) is 20.5. The first-order chi connectivity index (χ1) is 16.3. The first-order valence-electron chi connectivity index (χ1n) is 9.94. The Labute approximate surface area is 199 Å². The van der Waals surface area contributed by atoms with Crippen molar-refractivity contribution >= 4 is 38.9 Å². The van der Waals surface area contributed by atoms with Crippen LogP contribution in [0.25, 0.3) is 11.4 Å². The maximum absolute atomic E-state index is 12.7. The molecule has 0 saturated heterocycles. The molecule has 12 heteroatoms. The number of nitrogens with zero attached hydrogens (tertiary/aromatic N) is 3. The molecule has 174 valence electrons. The van der Waals surface area contributed by atoms with E-state index >= 15 is 0 Å². The zero-order chi connectivity index (χ0) is 24.1. The number of carbonyl (C=O) groups excluding carboxylic acids is 1. The van der Waals surface area contributed by atoms with Crippen molar-refractivity contribution in [2.45, 2.75) is 17.7 Å². The largest absolute Gasteiger partial charge is 0.506 e. The minimum Gasteiger partial charge on any atom is -0.506 e. The standard InChI is InChI=1S/C22H18ClN5O5S/c23-15-4-1-5-16(11-15)28-34(31,32)17-6-7-19(29)18(12-17)25-20(30)8-9-21-26-22(27-33-21)14-3-2-10-24-13-14/h1-7,10-13,28-29H,8-9H2,(H,25,30). The third kappa shape index (κ3) is 5.69. The van der Waals surface area contributed by atoms with Crippen LogP contribution in [-0.2, 0) is 21.2 Å². The van der Waals surface area contributed by atoms with Gasteiger partial charge in [0.25, 0.3) is 10.0 Å². The van der Waals surface area contributed by atoms with Gasteiger partial charge in [-0.3, -0.25) is 14.5 Å². The van der Waals surface area contributed by atoms with Crippen LogP contribution in [0.15, 0.2) is 76.4 Å². The van der Waals surface area contributed by atoms with Gasteiger partial charge in [-0.15, -0.1) is 0 Å². The number of rotatable bonds is 8. The highest BCUT2D eigenvalue weighted by Crippen LogP contribution is 2.28. The molecule has 3 N–H and O–H groups in total. The molecule has 0 aliphatic carbocycles. The van der Waals surface area contributed by atoms with E-state index in [0.29, 0.717) is 16.4 Å². The maximum Gasteiger partial charge on any atom is 0.261 e. The van der Waals surface area contributed by atoms with Crippen molar-refractivity contribution in [1.29, 1.82) is 0 Å². The Bertz CT molecular complexity index is 1430. The number of phenols is 1. The molecule has 2 aromatic heterocycles. The van der Waals surface area contributed by atoms with Crippen molar-refractivity contribution in [2.24, 2.45) is 0 Å². The van der Waals surface area contributed by atoms with E-state index in [1.54, 1.807) is 42.7 Å². The average Bonchev–Trinajstić information content (AvgIpc) is 3.28. The van der Waals surface area contributed by atoms with Gasteiger partial charge in [-0.05, 0) is 48.5 Å². The molecule has 0 radical (unpaired) electrons. The lowest BCUT2D eigenvalue weighted by molar-refractivity contribution is -0.116. The molecule has 2 heterocycles. The first-order valence-corrected chi connectivity index (χ1v) is 11.8. The third-order valence-electron chi connectivity index (χ3n) is 4.58. The van der Waals surface area contributed by atoms with Crippen LogP contribution in [-0.4, -0.2) is 34.6 Å². The number of phenolic OH excluding ortho intramolecular Hbond substituents is 1. The van der Waals surface area contributed by atoms with E-state index in [-0.39, 0.29) is 40.8 Å². The van der Waals surface area contributed by atoms with Crippen LogP contribution in [0.1, 0.15) is 12.3 Å². The highest BCUT2D eigenvalue weighted by molar-refractivity contribution is 7.92. The lowest BCUT2D eigenvalue weighted by Gasteiger charge is -2.11. The Balaban J connectivity index is 1.41. The van der Waals surface area contributed by atoms with Gasteiger partial charge in [0.2, 0.25) is 17.6 Å². The molecule has 0 atom stereocenters. The van der Waals surface area contributed by atoms with Gasteiger partial charge >= 0.3 is 0 Å². The number of halogens is 1. The summed E-state index contributed by atoms with van der Waals surface area (Å²) in [5.41, 5.74) is 0.896. The second-order valence-electron chi connectivity index (χ2n) is 7.10. The summed E-state index contributed by atoms with van der Waals surface area (Å²) >= 11 is 5.90. The molecule has 0 aliphatic rings. The van der Waals surface area contributed by atoms with Crippen molar-refractivity contribution in [3.63, 3.8) is 0 Å². The molecule has 0 bridgehead atoms. The molecule has 0 saturated carbocycles. The number of anilines is 2. The molecule has 0 spiro atoms. The number of aromatic hydroxyl groups is 1. The molecular formula is C22H18ClN5O5S. The van der Waals surface area contributed by atoms with Gasteiger partial charge in [-0.2, -0.15) is 4.98 Å². The number of sulfonamides is 1. The van der Waals surface area contributed by atoms with Crippen molar-refractivity contribution in [1.82, 2.24) is 15.1 Å². The number of pyridine rings is 1. The van der Waals surface area contributed by atoms with E-state index in [2.05, 4.69) is 25.2 Å². The van der Waals surface area contributed by atoms with Crippen LogP contribution < -0.4 is 10.0 Å².